The minimum atomic E-state index is -1.04. The summed E-state index contributed by atoms with van der Waals surface area (Å²) in [5.74, 6) is -1.04. The topological polar surface area (TPSA) is 93.9 Å². The number of aromatic nitrogens is 2. The molecule has 2 rings (SSSR count). The summed E-state index contributed by atoms with van der Waals surface area (Å²) in [7, 11) is 0. The molecule has 7 heteroatoms. The lowest BCUT2D eigenvalue weighted by Gasteiger charge is -2.18. The molecule has 0 unspecified atom stereocenters. The van der Waals surface area contributed by atoms with Crippen molar-refractivity contribution in [3.63, 3.8) is 0 Å². The average Bonchev–Trinajstić information content (AvgIpc) is 2.79. The van der Waals surface area contributed by atoms with E-state index in [1.54, 1.807) is 0 Å². The van der Waals surface area contributed by atoms with Crippen molar-refractivity contribution in [1.29, 1.82) is 0 Å². The van der Waals surface area contributed by atoms with Crippen LogP contribution in [0.25, 0.3) is 6.08 Å². The van der Waals surface area contributed by atoms with Crippen molar-refractivity contribution in [2.45, 2.75) is 0 Å². The number of nitrogens with zero attached hydrogens (tertiary/aromatic N) is 4. The molecule has 82 valence electrons. The van der Waals surface area contributed by atoms with E-state index in [1.807, 2.05) is 0 Å². The summed E-state index contributed by atoms with van der Waals surface area (Å²) in [5, 5.41) is 9.07. The Balaban J connectivity index is 2.27. The van der Waals surface area contributed by atoms with Crippen molar-refractivity contribution >= 4 is 24.7 Å². The number of H-pyrrole nitrogens is 1. The lowest BCUT2D eigenvalue weighted by molar-refractivity contribution is -0.133. The van der Waals surface area contributed by atoms with Crippen LogP contribution < -0.4 is 0 Å². The second kappa shape index (κ2) is 4.39. The summed E-state index contributed by atoms with van der Waals surface area (Å²) < 4.78 is 0. The van der Waals surface area contributed by atoms with Gasteiger partial charge in [-0.2, -0.15) is 0 Å². The van der Waals surface area contributed by atoms with Crippen molar-refractivity contribution in [1.82, 2.24) is 14.9 Å². The van der Waals surface area contributed by atoms with Gasteiger partial charge in [0.15, 0.2) is 0 Å². The Kier molecular flexibility index (Phi) is 2.77. The highest BCUT2D eigenvalue weighted by molar-refractivity contribution is 5.94. The van der Waals surface area contributed by atoms with E-state index in [-0.39, 0.29) is 12.4 Å². The number of aliphatic imine (C=N–C) groups is 2. The van der Waals surface area contributed by atoms with Gasteiger partial charge < -0.3 is 15.0 Å². The van der Waals surface area contributed by atoms with Crippen LogP contribution in [0.15, 0.2) is 28.2 Å². The number of aliphatic carboxylic acids is 1. The highest BCUT2D eigenvalue weighted by Crippen LogP contribution is 2.09. The van der Waals surface area contributed by atoms with Crippen molar-refractivity contribution in [3.8, 4) is 0 Å². The van der Waals surface area contributed by atoms with Gasteiger partial charge in [0.05, 0.1) is 24.6 Å². The molecule has 0 atom stereocenters. The molecule has 0 aromatic carbocycles. The van der Waals surface area contributed by atoms with Crippen LogP contribution in [0.5, 0.6) is 0 Å². The zero-order valence-corrected chi connectivity index (χ0v) is 8.24. The number of hydrogen-bond acceptors (Lipinski definition) is 5. The second-order valence-electron chi connectivity index (χ2n) is 3.02. The molecule has 1 aromatic rings. The summed E-state index contributed by atoms with van der Waals surface area (Å²) in [4.78, 5) is 26.7. The molecule has 1 aliphatic heterocycles. The normalized spacial score (nSPS) is 15.5. The Morgan fingerprint density at radius 3 is 3.06 bits per heavy atom. The number of imidazole rings is 1. The molecule has 0 saturated heterocycles. The molecule has 0 amide bonds. The van der Waals surface area contributed by atoms with E-state index >= 15 is 0 Å². The molecule has 2 N–H and O–H groups in total. The maximum atomic E-state index is 11.1. The Labute approximate surface area is 90.9 Å². The van der Waals surface area contributed by atoms with Crippen LogP contribution >= 0.6 is 0 Å². The number of carboxylic acid groups (broad SMARTS) is 1. The number of hydrogen-bond donors (Lipinski definition) is 2. The summed E-state index contributed by atoms with van der Waals surface area (Å²) in [6.07, 6.45) is 7.29. The predicted octanol–water partition coefficient (Wildman–Crippen LogP) is 0.165. The van der Waals surface area contributed by atoms with Crippen LogP contribution in [0.4, 0.5) is 0 Å². The first-order valence-corrected chi connectivity index (χ1v) is 4.49. The van der Waals surface area contributed by atoms with E-state index in [4.69, 9.17) is 5.11 Å². The third-order valence-corrected chi connectivity index (χ3v) is 1.93. The minimum Gasteiger partial charge on any atom is -0.477 e. The van der Waals surface area contributed by atoms with E-state index in [2.05, 4.69) is 20.0 Å². The molecule has 1 aliphatic rings. The number of carboxylic acids is 1. The van der Waals surface area contributed by atoms with Crippen LogP contribution in [0.3, 0.4) is 0 Å². The molecule has 0 spiro atoms. The van der Waals surface area contributed by atoms with Crippen molar-refractivity contribution in [3.05, 3.63) is 23.9 Å². The zero-order chi connectivity index (χ0) is 11.4. The fourth-order valence-corrected chi connectivity index (χ4v) is 1.22. The first kappa shape index (κ1) is 10.1. The first-order valence-electron chi connectivity index (χ1n) is 4.49. The standard InChI is InChI=1S/C9H9N5O2/c15-9(16)8(1-7-2-10-4-13-7)14-5-11-3-12-6-14/h1-5H,6H2,(H,10,13)(H,15,16). The van der Waals surface area contributed by atoms with Crippen molar-refractivity contribution in [2.75, 3.05) is 6.67 Å². The lowest BCUT2D eigenvalue weighted by Crippen LogP contribution is -2.28. The van der Waals surface area contributed by atoms with Gasteiger partial charge in [0, 0.05) is 0 Å². The quantitative estimate of drug-likeness (QED) is 0.708. The molecule has 2 heterocycles. The van der Waals surface area contributed by atoms with Crippen LogP contribution in [-0.4, -0.2) is 45.3 Å². The average molecular weight is 219 g/mol. The monoisotopic (exact) mass is 219 g/mol. The number of rotatable bonds is 3. The van der Waals surface area contributed by atoms with Gasteiger partial charge in [-0.3, -0.25) is 4.99 Å². The minimum absolute atomic E-state index is 0.0878. The van der Waals surface area contributed by atoms with Crippen LogP contribution in [-0.2, 0) is 4.79 Å². The predicted molar refractivity (Wildman–Crippen MR) is 57.9 cm³/mol. The molecule has 0 saturated carbocycles. The van der Waals surface area contributed by atoms with E-state index in [1.165, 1.54) is 36.2 Å². The van der Waals surface area contributed by atoms with Crippen LogP contribution in [0.1, 0.15) is 5.69 Å². The summed E-state index contributed by atoms with van der Waals surface area (Å²) in [5.41, 5.74) is 0.699. The van der Waals surface area contributed by atoms with Crippen LogP contribution in [0.2, 0.25) is 0 Å². The second-order valence-corrected chi connectivity index (χ2v) is 3.02. The van der Waals surface area contributed by atoms with Gasteiger partial charge in [-0.25, -0.2) is 14.8 Å². The summed E-state index contributed by atoms with van der Waals surface area (Å²) >= 11 is 0. The summed E-state index contributed by atoms with van der Waals surface area (Å²) in [6.45, 7) is 0.246. The number of carbonyl (C=O) groups is 1. The summed E-state index contributed by atoms with van der Waals surface area (Å²) in [6, 6.07) is 0. The molecule has 0 radical (unpaired) electrons. The van der Waals surface area contributed by atoms with Gasteiger partial charge >= 0.3 is 5.97 Å². The fraction of sp³-hybridized carbons (Fsp3) is 0.111. The van der Waals surface area contributed by atoms with E-state index in [9.17, 15) is 4.79 Å². The number of nitrogens with one attached hydrogen (secondary N) is 1. The van der Waals surface area contributed by atoms with Gasteiger partial charge in [0.2, 0.25) is 0 Å². The van der Waals surface area contributed by atoms with Crippen molar-refractivity contribution < 1.29 is 9.90 Å². The molecule has 1 aromatic heterocycles. The molecule has 0 aliphatic carbocycles. The fourth-order valence-electron chi connectivity index (χ4n) is 1.22. The zero-order valence-electron chi connectivity index (χ0n) is 8.24. The Morgan fingerprint density at radius 1 is 1.62 bits per heavy atom. The van der Waals surface area contributed by atoms with Gasteiger partial charge in [0.1, 0.15) is 18.7 Å². The molecule has 16 heavy (non-hydrogen) atoms. The largest absolute Gasteiger partial charge is 0.477 e. The van der Waals surface area contributed by atoms with Crippen molar-refractivity contribution in [2.24, 2.45) is 9.98 Å². The first-order chi connectivity index (χ1) is 7.77. The maximum absolute atomic E-state index is 11.1. The highest BCUT2D eigenvalue weighted by atomic mass is 16.4. The molecular weight excluding hydrogens is 210 g/mol. The molecule has 7 nitrogen and oxygen atoms in total. The third kappa shape index (κ3) is 2.14. The SMILES string of the molecule is O=C(O)C(=Cc1cnc[nH]1)N1C=NC=NC1. The molecule has 0 bridgehead atoms. The van der Waals surface area contributed by atoms with Gasteiger partial charge in [-0.05, 0) is 6.08 Å². The lowest BCUT2D eigenvalue weighted by atomic mass is 10.3. The van der Waals surface area contributed by atoms with Gasteiger partial charge in [-0.1, -0.05) is 0 Å². The third-order valence-electron chi connectivity index (χ3n) is 1.93. The van der Waals surface area contributed by atoms with E-state index in [0.29, 0.717) is 5.69 Å². The highest BCUT2D eigenvalue weighted by Gasteiger charge is 2.16. The molecule has 0 fully saturated rings. The number of aromatic amines is 1. The van der Waals surface area contributed by atoms with Crippen LogP contribution in [0, 0.1) is 0 Å². The Morgan fingerprint density at radius 2 is 2.50 bits per heavy atom. The van der Waals surface area contributed by atoms with Gasteiger partial charge in [0.25, 0.3) is 0 Å². The maximum Gasteiger partial charge on any atom is 0.352 e. The Hall–Kier alpha value is -2.44. The van der Waals surface area contributed by atoms with E-state index in [0.717, 1.165) is 0 Å². The van der Waals surface area contributed by atoms with E-state index < -0.39 is 5.97 Å². The molecular formula is C9H9N5O2. The van der Waals surface area contributed by atoms with Gasteiger partial charge in [-0.15, -0.1) is 0 Å². The Bertz CT molecular complexity index is 460. The smallest absolute Gasteiger partial charge is 0.352 e.